The van der Waals surface area contributed by atoms with Crippen LogP contribution in [0, 0.1) is 5.82 Å². The number of rotatable bonds is 5. The Bertz CT molecular complexity index is 1590. The molecule has 12 heteroatoms. The Morgan fingerprint density at radius 2 is 1.80 bits per heavy atom. The lowest BCUT2D eigenvalue weighted by Crippen LogP contribution is -2.57. The van der Waals surface area contributed by atoms with Crippen molar-refractivity contribution in [1.29, 1.82) is 0 Å². The van der Waals surface area contributed by atoms with E-state index in [0.29, 0.717) is 41.5 Å². The van der Waals surface area contributed by atoms with Gasteiger partial charge in [-0.25, -0.2) is 9.18 Å². The van der Waals surface area contributed by atoms with Crippen LogP contribution in [0.15, 0.2) is 24.4 Å². The first-order valence-electron chi connectivity index (χ1n) is 15.5. The van der Waals surface area contributed by atoms with Gasteiger partial charge in [0.15, 0.2) is 5.82 Å². The predicted octanol–water partition coefficient (Wildman–Crippen LogP) is 6.73. The highest BCUT2D eigenvalue weighted by molar-refractivity contribution is 6.43. The molecule has 2 aromatic heterocycles. The van der Waals surface area contributed by atoms with Gasteiger partial charge >= 0.3 is 12.1 Å². The molecule has 4 fully saturated rings. The molecule has 4 saturated heterocycles. The van der Waals surface area contributed by atoms with Crippen LogP contribution < -0.4 is 9.64 Å². The van der Waals surface area contributed by atoms with Crippen molar-refractivity contribution >= 4 is 46.0 Å². The van der Waals surface area contributed by atoms with E-state index in [-0.39, 0.29) is 46.0 Å². The van der Waals surface area contributed by atoms with Gasteiger partial charge in [-0.1, -0.05) is 35.3 Å². The molecular formula is C32H37Cl2FN6O3. The van der Waals surface area contributed by atoms with Crippen LogP contribution in [0.5, 0.6) is 6.01 Å². The molecule has 2 unspecified atom stereocenters. The molecule has 0 radical (unpaired) electrons. The molecule has 1 aromatic carbocycles. The summed E-state index contributed by atoms with van der Waals surface area (Å²) in [5, 5.41) is 1.01. The molecule has 234 valence electrons. The summed E-state index contributed by atoms with van der Waals surface area (Å²) in [5.41, 5.74) is -0.0422. The first-order valence-corrected chi connectivity index (χ1v) is 16.2. The third-order valence-corrected chi connectivity index (χ3v) is 10.3. The maximum atomic E-state index is 16.4. The SMILES string of the molecule is CC(C)(C)OC(=O)N1C2CCC1CN(c1nc(OCC34CCCN3CCC4)nc3c(F)c(-c4cccc(Cl)c4Cl)ncc13)C2. The molecule has 3 aromatic rings. The summed E-state index contributed by atoms with van der Waals surface area (Å²) >= 11 is 12.7. The summed E-state index contributed by atoms with van der Waals surface area (Å²) in [5.74, 6) is -0.0647. The maximum absolute atomic E-state index is 16.4. The number of benzene rings is 1. The fraction of sp³-hybridized carbons (Fsp3) is 0.562. The Balaban J connectivity index is 1.27. The smallest absolute Gasteiger partial charge is 0.410 e. The van der Waals surface area contributed by atoms with Gasteiger partial charge in [-0.2, -0.15) is 9.97 Å². The van der Waals surface area contributed by atoms with Crippen molar-refractivity contribution in [3.63, 3.8) is 0 Å². The van der Waals surface area contributed by atoms with E-state index in [4.69, 9.17) is 37.7 Å². The minimum Gasteiger partial charge on any atom is -0.461 e. The van der Waals surface area contributed by atoms with E-state index in [0.717, 1.165) is 51.6 Å². The molecule has 0 N–H and O–H groups in total. The lowest BCUT2D eigenvalue weighted by Gasteiger charge is -2.42. The summed E-state index contributed by atoms with van der Waals surface area (Å²) < 4.78 is 28.5. The van der Waals surface area contributed by atoms with E-state index in [2.05, 4.69) is 19.8 Å². The van der Waals surface area contributed by atoms with Gasteiger partial charge in [-0.05, 0) is 78.5 Å². The number of fused-ring (bicyclic) bond motifs is 4. The van der Waals surface area contributed by atoms with Gasteiger partial charge in [0.05, 0.1) is 33.1 Å². The van der Waals surface area contributed by atoms with Gasteiger partial charge in [0.2, 0.25) is 0 Å². The summed E-state index contributed by atoms with van der Waals surface area (Å²) in [4.78, 5) is 33.6. The van der Waals surface area contributed by atoms with Crippen molar-refractivity contribution in [2.24, 2.45) is 0 Å². The highest BCUT2D eigenvalue weighted by Crippen LogP contribution is 2.41. The van der Waals surface area contributed by atoms with E-state index in [1.54, 1.807) is 24.4 Å². The number of halogens is 3. The van der Waals surface area contributed by atoms with Crippen LogP contribution in [0.3, 0.4) is 0 Å². The molecule has 1 amide bonds. The van der Waals surface area contributed by atoms with Crippen LogP contribution in [0.25, 0.3) is 22.2 Å². The summed E-state index contributed by atoms with van der Waals surface area (Å²) in [6.07, 6.45) is 7.43. The second kappa shape index (κ2) is 11.1. The number of hydrogen-bond donors (Lipinski definition) is 0. The molecule has 7 rings (SSSR count). The zero-order valence-electron chi connectivity index (χ0n) is 25.3. The van der Waals surface area contributed by atoms with Crippen molar-refractivity contribution in [1.82, 2.24) is 24.8 Å². The molecule has 2 atom stereocenters. The standard InChI is InChI=1S/C32H37Cl2FN6O3/c1-31(2,3)44-30(42)41-19-9-10-20(41)17-39(16-19)28-22-15-36-26(21-7-4-8-23(33)24(21)34)25(35)27(22)37-29(38-28)43-18-32-11-5-13-40(32)14-6-12-32/h4,7-8,15,19-20H,5-6,9-14,16-18H2,1-3H3. The fourth-order valence-electron chi connectivity index (χ4n) is 7.55. The second-order valence-corrected chi connectivity index (χ2v) is 14.3. The third-order valence-electron chi connectivity index (χ3n) is 9.52. The largest absolute Gasteiger partial charge is 0.461 e. The summed E-state index contributed by atoms with van der Waals surface area (Å²) in [6.45, 7) is 9.28. The number of anilines is 1. The molecule has 4 aliphatic rings. The molecule has 0 saturated carbocycles. The van der Waals surface area contributed by atoms with Gasteiger partial charge < -0.3 is 14.4 Å². The van der Waals surface area contributed by atoms with Crippen molar-refractivity contribution in [2.45, 2.75) is 82.5 Å². The van der Waals surface area contributed by atoms with Crippen LogP contribution in [0.4, 0.5) is 15.0 Å². The molecular weight excluding hydrogens is 606 g/mol. The van der Waals surface area contributed by atoms with Gasteiger partial charge in [-0.3, -0.25) is 14.8 Å². The van der Waals surface area contributed by atoms with E-state index >= 15 is 4.39 Å². The lowest BCUT2D eigenvalue weighted by atomic mass is 9.95. The van der Waals surface area contributed by atoms with Gasteiger partial charge in [0, 0.05) is 24.8 Å². The van der Waals surface area contributed by atoms with E-state index < -0.39 is 11.4 Å². The number of carbonyl (C=O) groups is 1. The monoisotopic (exact) mass is 642 g/mol. The topological polar surface area (TPSA) is 83.9 Å². The quantitative estimate of drug-likeness (QED) is 0.303. The Hall–Kier alpha value is -2.95. The molecule has 4 aliphatic heterocycles. The highest BCUT2D eigenvalue weighted by Gasteiger charge is 2.46. The second-order valence-electron chi connectivity index (χ2n) is 13.5. The van der Waals surface area contributed by atoms with Crippen molar-refractivity contribution < 1.29 is 18.7 Å². The molecule has 0 spiro atoms. The van der Waals surface area contributed by atoms with E-state index in [1.807, 2.05) is 25.7 Å². The molecule has 2 bridgehead atoms. The highest BCUT2D eigenvalue weighted by atomic mass is 35.5. The zero-order valence-corrected chi connectivity index (χ0v) is 26.8. The predicted molar refractivity (Wildman–Crippen MR) is 168 cm³/mol. The molecule has 0 aliphatic carbocycles. The minimum atomic E-state index is -0.614. The molecule has 9 nitrogen and oxygen atoms in total. The Morgan fingerprint density at radius 3 is 2.48 bits per heavy atom. The number of amides is 1. The molecule has 44 heavy (non-hydrogen) atoms. The van der Waals surface area contributed by atoms with Crippen LogP contribution in [-0.2, 0) is 4.74 Å². The number of ether oxygens (including phenoxy) is 2. The number of aromatic nitrogens is 3. The number of nitrogens with zero attached hydrogens (tertiary/aromatic N) is 6. The van der Waals surface area contributed by atoms with E-state index in [1.165, 1.54) is 0 Å². The Labute approximate surface area is 266 Å². The van der Waals surface area contributed by atoms with Crippen molar-refractivity contribution in [3.05, 3.63) is 40.3 Å². The first kappa shape index (κ1) is 29.7. The summed E-state index contributed by atoms with van der Waals surface area (Å²) in [6, 6.07) is 5.08. The zero-order chi connectivity index (χ0) is 30.8. The number of pyridine rings is 1. The number of hydrogen-bond acceptors (Lipinski definition) is 8. The van der Waals surface area contributed by atoms with Crippen LogP contribution in [0.2, 0.25) is 10.0 Å². The third kappa shape index (κ3) is 5.22. The minimum absolute atomic E-state index is 0.0209. The van der Waals surface area contributed by atoms with Crippen LogP contribution in [0.1, 0.15) is 59.3 Å². The first-order chi connectivity index (χ1) is 21.0. The lowest BCUT2D eigenvalue weighted by molar-refractivity contribution is 0.0122. The van der Waals surface area contributed by atoms with E-state index in [9.17, 15) is 4.79 Å². The fourth-order valence-corrected chi connectivity index (χ4v) is 7.94. The summed E-state index contributed by atoms with van der Waals surface area (Å²) in [7, 11) is 0. The Kier molecular flexibility index (Phi) is 7.53. The number of carbonyl (C=O) groups excluding carboxylic acids is 1. The molecule has 6 heterocycles. The van der Waals surface area contributed by atoms with Crippen molar-refractivity contribution in [2.75, 3.05) is 37.7 Å². The van der Waals surface area contributed by atoms with Crippen LogP contribution >= 0.6 is 23.2 Å². The number of piperazine rings is 1. The van der Waals surface area contributed by atoms with Gasteiger partial charge in [-0.15, -0.1) is 0 Å². The average Bonchev–Trinajstić information content (AvgIpc) is 3.63. The van der Waals surface area contributed by atoms with Crippen molar-refractivity contribution in [3.8, 4) is 17.3 Å². The maximum Gasteiger partial charge on any atom is 0.410 e. The van der Waals surface area contributed by atoms with Gasteiger partial charge in [0.1, 0.15) is 29.2 Å². The average molecular weight is 644 g/mol. The van der Waals surface area contributed by atoms with Gasteiger partial charge in [0.25, 0.3) is 0 Å². The normalized spacial score (nSPS) is 23.0. The Morgan fingerprint density at radius 1 is 1.09 bits per heavy atom. The van der Waals surface area contributed by atoms with Crippen LogP contribution in [-0.4, -0.2) is 86.9 Å².